The second-order valence-electron chi connectivity index (χ2n) is 4.65. The molecule has 0 amide bonds. The molecule has 0 bridgehead atoms. The fourth-order valence-corrected chi connectivity index (χ4v) is 2.47. The summed E-state index contributed by atoms with van der Waals surface area (Å²) in [7, 11) is 0. The van der Waals surface area contributed by atoms with Gasteiger partial charge < -0.3 is 4.42 Å². The second-order valence-corrected chi connectivity index (χ2v) is 5.57. The number of fused-ring (bicyclic) bond motifs is 3. The van der Waals surface area contributed by atoms with Crippen molar-refractivity contribution in [3.63, 3.8) is 0 Å². The van der Waals surface area contributed by atoms with Crippen molar-refractivity contribution in [2.75, 3.05) is 0 Å². The number of rotatable bonds is 1. The van der Waals surface area contributed by atoms with Crippen molar-refractivity contribution >= 4 is 37.9 Å². The first-order valence-electron chi connectivity index (χ1n) is 5.77. The molecule has 0 N–H and O–H groups in total. The van der Waals surface area contributed by atoms with Crippen molar-refractivity contribution < 1.29 is 4.42 Å². The molecule has 0 spiro atoms. The summed E-state index contributed by atoms with van der Waals surface area (Å²) in [5.41, 5.74) is 3.23. The van der Waals surface area contributed by atoms with Gasteiger partial charge in [-0.2, -0.15) is 0 Å². The van der Waals surface area contributed by atoms with Crippen molar-refractivity contribution in [1.29, 1.82) is 0 Å². The first-order valence-corrected chi connectivity index (χ1v) is 6.56. The third-order valence-electron chi connectivity index (χ3n) is 3.13. The smallest absolute Gasteiger partial charge is 0.136 e. The van der Waals surface area contributed by atoms with Crippen LogP contribution in [0.1, 0.15) is 25.3 Å². The van der Waals surface area contributed by atoms with Crippen molar-refractivity contribution in [1.82, 2.24) is 0 Å². The lowest BCUT2D eigenvalue weighted by Crippen LogP contribution is -1.84. The Kier molecular flexibility index (Phi) is 2.48. The van der Waals surface area contributed by atoms with Gasteiger partial charge in [-0.25, -0.2) is 0 Å². The number of hydrogen-bond acceptors (Lipinski definition) is 1. The first kappa shape index (κ1) is 10.8. The summed E-state index contributed by atoms with van der Waals surface area (Å²) in [4.78, 5) is 0. The summed E-state index contributed by atoms with van der Waals surface area (Å²) in [6, 6.07) is 12.7. The molecule has 1 heterocycles. The molecule has 0 unspecified atom stereocenters. The molecule has 17 heavy (non-hydrogen) atoms. The predicted octanol–water partition coefficient (Wildman–Crippen LogP) is 5.47. The van der Waals surface area contributed by atoms with Gasteiger partial charge in [-0.3, -0.25) is 0 Å². The lowest BCUT2D eigenvalue weighted by atomic mass is 10.0. The molecule has 2 aromatic carbocycles. The van der Waals surface area contributed by atoms with E-state index in [1.54, 1.807) is 0 Å². The van der Waals surface area contributed by atoms with E-state index in [1.807, 2.05) is 12.1 Å². The topological polar surface area (TPSA) is 13.1 Å². The molecule has 0 saturated heterocycles. The summed E-state index contributed by atoms with van der Waals surface area (Å²) in [5, 5.41) is 2.37. The van der Waals surface area contributed by atoms with Crippen molar-refractivity contribution in [2.24, 2.45) is 0 Å². The van der Waals surface area contributed by atoms with Crippen LogP contribution in [0, 0.1) is 0 Å². The van der Waals surface area contributed by atoms with Crippen LogP contribution in [0.3, 0.4) is 0 Å². The third-order valence-corrected chi connectivity index (χ3v) is 3.62. The van der Waals surface area contributed by atoms with Gasteiger partial charge in [0.05, 0.1) is 0 Å². The minimum absolute atomic E-state index is 0.527. The molecule has 0 fully saturated rings. The molecular formula is C15H13BrO. The van der Waals surface area contributed by atoms with Gasteiger partial charge in [0.15, 0.2) is 0 Å². The first-order chi connectivity index (χ1) is 8.15. The van der Waals surface area contributed by atoms with Crippen molar-refractivity contribution in [2.45, 2.75) is 19.8 Å². The Morgan fingerprint density at radius 1 is 0.941 bits per heavy atom. The van der Waals surface area contributed by atoms with Crippen LogP contribution in [0.4, 0.5) is 0 Å². The number of benzene rings is 2. The van der Waals surface area contributed by atoms with E-state index >= 15 is 0 Å². The summed E-state index contributed by atoms with van der Waals surface area (Å²) in [6.07, 6.45) is 0. The van der Waals surface area contributed by atoms with E-state index in [0.29, 0.717) is 5.92 Å². The lowest BCUT2D eigenvalue weighted by Gasteiger charge is -2.03. The van der Waals surface area contributed by atoms with Crippen molar-refractivity contribution in [3.05, 3.63) is 46.4 Å². The Balaban J connectivity index is 2.35. The standard InChI is InChI=1S/C15H13BrO/c1-9(2)10-3-5-12-13-6-4-11(16)8-15(13)17-14(12)7-10/h3-9H,1-2H3. The molecule has 2 heteroatoms. The zero-order valence-electron chi connectivity index (χ0n) is 9.83. The van der Waals surface area contributed by atoms with Crippen molar-refractivity contribution in [3.8, 4) is 0 Å². The normalized spacial score (nSPS) is 11.8. The monoisotopic (exact) mass is 288 g/mol. The number of furan rings is 1. The molecule has 0 aliphatic heterocycles. The largest absolute Gasteiger partial charge is 0.456 e. The van der Waals surface area contributed by atoms with Crippen LogP contribution in [-0.4, -0.2) is 0 Å². The SMILES string of the molecule is CC(C)c1ccc2c(c1)oc1cc(Br)ccc12. The molecule has 1 aromatic heterocycles. The van der Waals surface area contributed by atoms with Crippen LogP contribution >= 0.6 is 15.9 Å². The molecule has 0 aliphatic rings. The van der Waals surface area contributed by atoms with Gasteiger partial charge >= 0.3 is 0 Å². The van der Waals surface area contributed by atoms with Crippen LogP contribution < -0.4 is 0 Å². The average Bonchev–Trinajstić information content (AvgIpc) is 2.64. The summed E-state index contributed by atoms with van der Waals surface area (Å²) in [5.74, 6) is 0.527. The summed E-state index contributed by atoms with van der Waals surface area (Å²) >= 11 is 3.47. The van der Waals surface area contributed by atoms with Gasteiger partial charge in [0.2, 0.25) is 0 Å². The minimum atomic E-state index is 0.527. The Bertz CT molecular complexity index is 695. The van der Waals surface area contributed by atoms with Gasteiger partial charge in [0.25, 0.3) is 0 Å². The quantitative estimate of drug-likeness (QED) is 0.578. The Morgan fingerprint density at radius 2 is 1.59 bits per heavy atom. The molecular weight excluding hydrogens is 276 g/mol. The Hall–Kier alpha value is -1.28. The molecule has 86 valence electrons. The lowest BCUT2D eigenvalue weighted by molar-refractivity contribution is 0.667. The van der Waals surface area contributed by atoms with Gasteiger partial charge in [0.1, 0.15) is 11.2 Å². The van der Waals surface area contributed by atoms with Crippen LogP contribution in [0.5, 0.6) is 0 Å². The number of hydrogen-bond donors (Lipinski definition) is 0. The van der Waals surface area contributed by atoms with Gasteiger partial charge in [-0.05, 0) is 35.7 Å². The second kappa shape index (κ2) is 3.88. The zero-order chi connectivity index (χ0) is 12.0. The molecule has 3 aromatic rings. The van der Waals surface area contributed by atoms with E-state index in [4.69, 9.17) is 4.42 Å². The molecule has 1 nitrogen and oxygen atoms in total. The van der Waals surface area contributed by atoms with Gasteiger partial charge in [-0.1, -0.05) is 41.9 Å². The highest BCUT2D eigenvalue weighted by molar-refractivity contribution is 9.10. The van der Waals surface area contributed by atoms with E-state index < -0.39 is 0 Å². The molecule has 0 atom stereocenters. The van der Waals surface area contributed by atoms with E-state index in [2.05, 4.69) is 54.0 Å². The highest BCUT2D eigenvalue weighted by Crippen LogP contribution is 2.32. The summed E-state index contributed by atoms with van der Waals surface area (Å²) in [6.45, 7) is 4.39. The predicted molar refractivity (Wildman–Crippen MR) is 75.5 cm³/mol. The maximum atomic E-state index is 5.89. The van der Waals surface area contributed by atoms with Gasteiger partial charge in [-0.15, -0.1) is 0 Å². The third kappa shape index (κ3) is 1.77. The molecule has 3 rings (SSSR count). The van der Waals surface area contributed by atoms with E-state index in [-0.39, 0.29) is 0 Å². The summed E-state index contributed by atoms with van der Waals surface area (Å²) < 4.78 is 6.94. The minimum Gasteiger partial charge on any atom is -0.456 e. The van der Waals surface area contributed by atoms with Crippen LogP contribution in [0.25, 0.3) is 21.9 Å². The zero-order valence-corrected chi connectivity index (χ0v) is 11.4. The number of halogens is 1. The highest BCUT2D eigenvalue weighted by atomic mass is 79.9. The van der Waals surface area contributed by atoms with Gasteiger partial charge in [0, 0.05) is 15.2 Å². The average molecular weight is 289 g/mol. The van der Waals surface area contributed by atoms with Crippen LogP contribution in [0.2, 0.25) is 0 Å². The fourth-order valence-electron chi connectivity index (χ4n) is 2.13. The molecule has 0 saturated carbocycles. The molecule has 0 aliphatic carbocycles. The highest BCUT2D eigenvalue weighted by Gasteiger charge is 2.08. The van der Waals surface area contributed by atoms with E-state index in [9.17, 15) is 0 Å². The van der Waals surface area contributed by atoms with E-state index in [1.165, 1.54) is 16.3 Å². The van der Waals surface area contributed by atoms with E-state index in [0.717, 1.165) is 15.6 Å². The van der Waals surface area contributed by atoms with Crippen LogP contribution in [0.15, 0.2) is 45.3 Å². The van der Waals surface area contributed by atoms with Crippen LogP contribution in [-0.2, 0) is 0 Å². The molecule has 0 radical (unpaired) electrons. The Morgan fingerprint density at radius 3 is 2.29 bits per heavy atom. The maximum Gasteiger partial charge on any atom is 0.136 e. The fraction of sp³-hybridized carbons (Fsp3) is 0.200. The maximum absolute atomic E-state index is 5.89. The Labute approximate surface area is 109 Å².